The Morgan fingerprint density at radius 1 is 1.56 bits per heavy atom. The first-order valence-electron chi connectivity index (χ1n) is 4.27. The maximum absolute atomic E-state index is 12.1. The summed E-state index contributed by atoms with van der Waals surface area (Å²) < 4.78 is 36.2. The van der Waals surface area contributed by atoms with Gasteiger partial charge in [0.15, 0.2) is 0 Å². The number of halogens is 3. The molecule has 0 aliphatic heterocycles. The molecule has 0 spiro atoms. The smallest absolute Gasteiger partial charge is 0.405 e. The van der Waals surface area contributed by atoms with Crippen molar-refractivity contribution in [2.75, 3.05) is 18.5 Å². The minimum Gasteiger partial charge on any atom is -0.478 e. The van der Waals surface area contributed by atoms with E-state index in [-0.39, 0.29) is 11.4 Å². The summed E-state index contributed by atoms with van der Waals surface area (Å²) in [5, 5.41) is 8.66. The first-order valence-corrected chi connectivity index (χ1v) is 4.27. The largest absolute Gasteiger partial charge is 0.478 e. The van der Waals surface area contributed by atoms with Gasteiger partial charge in [0.25, 0.3) is 0 Å². The van der Waals surface area contributed by atoms with E-state index in [4.69, 9.17) is 5.11 Å². The number of nitrogens with zero attached hydrogens (tertiary/aromatic N) is 2. The minimum atomic E-state index is -4.35. The van der Waals surface area contributed by atoms with Crippen molar-refractivity contribution in [1.82, 2.24) is 4.98 Å². The van der Waals surface area contributed by atoms with E-state index in [1.54, 1.807) is 0 Å². The number of alkyl halides is 3. The quantitative estimate of drug-likeness (QED) is 0.866. The van der Waals surface area contributed by atoms with Gasteiger partial charge in [-0.25, -0.2) is 9.78 Å². The highest BCUT2D eigenvalue weighted by Gasteiger charge is 2.29. The molecule has 0 aromatic carbocycles. The Labute approximate surface area is 89.3 Å². The Balaban J connectivity index is 2.87. The molecule has 1 heterocycles. The van der Waals surface area contributed by atoms with Gasteiger partial charge in [-0.3, -0.25) is 0 Å². The zero-order chi connectivity index (χ0) is 12.3. The van der Waals surface area contributed by atoms with Gasteiger partial charge >= 0.3 is 12.1 Å². The number of aromatic nitrogens is 1. The fourth-order valence-electron chi connectivity index (χ4n) is 1.11. The Morgan fingerprint density at radius 3 is 2.69 bits per heavy atom. The van der Waals surface area contributed by atoms with Crippen molar-refractivity contribution >= 4 is 11.8 Å². The first-order chi connectivity index (χ1) is 7.29. The predicted molar refractivity (Wildman–Crippen MR) is 50.5 cm³/mol. The second-order valence-electron chi connectivity index (χ2n) is 3.18. The minimum absolute atomic E-state index is 0.0303. The Bertz CT molecular complexity index is 393. The summed E-state index contributed by atoms with van der Waals surface area (Å²) in [5.41, 5.74) is -0.0981. The van der Waals surface area contributed by atoms with Crippen LogP contribution in [0.5, 0.6) is 0 Å². The number of carboxylic acids is 1. The van der Waals surface area contributed by atoms with Crippen LogP contribution in [0.15, 0.2) is 18.3 Å². The molecule has 0 saturated carbocycles. The number of aromatic carboxylic acids is 1. The van der Waals surface area contributed by atoms with Gasteiger partial charge in [0.2, 0.25) is 0 Å². The van der Waals surface area contributed by atoms with Crippen LogP contribution >= 0.6 is 0 Å². The maximum atomic E-state index is 12.1. The van der Waals surface area contributed by atoms with Gasteiger partial charge in [-0.2, -0.15) is 13.2 Å². The van der Waals surface area contributed by atoms with Crippen LogP contribution < -0.4 is 4.90 Å². The molecule has 0 atom stereocenters. The van der Waals surface area contributed by atoms with E-state index < -0.39 is 18.7 Å². The Morgan fingerprint density at radius 2 is 2.19 bits per heavy atom. The fourth-order valence-corrected chi connectivity index (χ4v) is 1.11. The number of hydrogen-bond acceptors (Lipinski definition) is 3. The topological polar surface area (TPSA) is 53.4 Å². The molecule has 0 aliphatic rings. The Hall–Kier alpha value is -1.79. The van der Waals surface area contributed by atoms with Crippen LogP contribution in [0, 0.1) is 0 Å². The number of rotatable bonds is 3. The van der Waals surface area contributed by atoms with Gasteiger partial charge in [-0.05, 0) is 12.1 Å². The third kappa shape index (κ3) is 3.41. The lowest BCUT2D eigenvalue weighted by Gasteiger charge is -2.19. The van der Waals surface area contributed by atoms with Crippen molar-refractivity contribution < 1.29 is 23.1 Å². The molecule has 0 radical (unpaired) electrons. The molecule has 0 fully saturated rings. The van der Waals surface area contributed by atoms with Gasteiger partial charge in [0, 0.05) is 13.2 Å². The molecule has 0 amide bonds. The molecular formula is C9H9F3N2O2. The van der Waals surface area contributed by atoms with E-state index in [1.165, 1.54) is 13.1 Å². The molecule has 1 aromatic heterocycles. The van der Waals surface area contributed by atoms with E-state index in [1.807, 2.05) is 0 Å². The normalized spacial score (nSPS) is 11.2. The number of pyridine rings is 1. The number of carbonyl (C=O) groups is 1. The highest BCUT2D eigenvalue weighted by atomic mass is 19.4. The number of hydrogen-bond donors (Lipinski definition) is 1. The van der Waals surface area contributed by atoms with Crippen molar-refractivity contribution in [1.29, 1.82) is 0 Å². The lowest BCUT2D eigenvalue weighted by Crippen LogP contribution is -2.31. The molecular weight excluding hydrogens is 225 g/mol. The summed E-state index contributed by atoms with van der Waals surface area (Å²) in [6, 6.07) is 2.31. The van der Waals surface area contributed by atoms with Gasteiger partial charge < -0.3 is 10.0 Å². The summed E-state index contributed by atoms with van der Waals surface area (Å²) in [6.07, 6.45) is -3.19. The molecule has 7 heteroatoms. The van der Waals surface area contributed by atoms with Crippen LogP contribution in [0.1, 0.15) is 10.4 Å². The molecule has 0 unspecified atom stereocenters. The molecule has 0 saturated heterocycles. The molecule has 4 nitrogen and oxygen atoms in total. The third-order valence-electron chi connectivity index (χ3n) is 1.80. The molecule has 16 heavy (non-hydrogen) atoms. The SMILES string of the molecule is CN(CC(F)(F)F)c1cc(C(=O)O)ccn1. The van der Waals surface area contributed by atoms with Crippen LogP contribution in [-0.4, -0.2) is 35.8 Å². The average molecular weight is 234 g/mol. The Kier molecular flexibility index (Phi) is 3.36. The predicted octanol–water partition coefficient (Wildman–Crippen LogP) is 1.78. The monoisotopic (exact) mass is 234 g/mol. The standard InChI is InChI=1S/C9H9F3N2O2/c1-14(5-9(10,11)12)7-4-6(8(15)16)2-3-13-7/h2-4H,5H2,1H3,(H,15,16). The summed E-state index contributed by atoms with van der Waals surface area (Å²) >= 11 is 0. The zero-order valence-electron chi connectivity index (χ0n) is 8.32. The second kappa shape index (κ2) is 4.38. The van der Waals surface area contributed by atoms with Gasteiger partial charge in [0.1, 0.15) is 12.4 Å². The highest BCUT2D eigenvalue weighted by Crippen LogP contribution is 2.19. The van der Waals surface area contributed by atoms with Crippen LogP contribution in [0.4, 0.5) is 19.0 Å². The van der Waals surface area contributed by atoms with E-state index in [2.05, 4.69) is 4.98 Å². The molecule has 1 rings (SSSR count). The number of carboxylic acid groups (broad SMARTS) is 1. The fraction of sp³-hybridized carbons (Fsp3) is 0.333. The van der Waals surface area contributed by atoms with E-state index in [0.29, 0.717) is 0 Å². The van der Waals surface area contributed by atoms with Crippen molar-refractivity contribution in [3.63, 3.8) is 0 Å². The molecule has 1 N–H and O–H groups in total. The summed E-state index contributed by atoms with van der Waals surface area (Å²) in [7, 11) is 1.20. The van der Waals surface area contributed by atoms with E-state index >= 15 is 0 Å². The second-order valence-corrected chi connectivity index (χ2v) is 3.18. The highest BCUT2D eigenvalue weighted by molar-refractivity contribution is 5.88. The molecule has 88 valence electrons. The van der Waals surface area contributed by atoms with Gasteiger partial charge in [-0.15, -0.1) is 0 Å². The maximum Gasteiger partial charge on any atom is 0.405 e. The van der Waals surface area contributed by atoms with Crippen molar-refractivity contribution in [2.45, 2.75) is 6.18 Å². The third-order valence-corrected chi connectivity index (χ3v) is 1.80. The first kappa shape index (κ1) is 12.3. The van der Waals surface area contributed by atoms with E-state index in [0.717, 1.165) is 17.2 Å². The summed E-state index contributed by atoms with van der Waals surface area (Å²) in [6.45, 7) is -1.18. The van der Waals surface area contributed by atoms with Gasteiger partial charge in [0.05, 0.1) is 5.56 Å². The van der Waals surface area contributed by atoms with E-state index in [9.17, 15) is 18.0 Å². The summed E-state index contributed by atoms with van der Waals surface area (Å²) in [4.78, 5) is 15.1. The molecule has 0 aliphatic carbocycles. The van der Waals surface area contributed by atoms with Crippen molar-refractivity contribution in [3.05, 3.63) is 23.9 Å². The van der Waals surface area contributed by atoms with Gasteiger partial charge in [-0.1, -0.05) is 0 Å². The lowest BCUT2D eigenvalue weighted by molar-refractivity contribution is -0.119. The molecule has 1 aromatic rings. The average Bonchev–Trinajstić information content (AvgIpc) is 2.15. The van der Waals surface area contributed by atoms with Crippen LogP contribution in [0.3, 0.4) is 0 Å². The lowest BCUT2D eigenvalue weighted by atomic mass is 10.2. The van der Waals surface area contributed by atoms with Crippen molar-refractivity contribution in [3.8, 4) is 0 Å². The zero-order valence-corrected chi connectivity index (χ0v) is 8.32. The van der Waals surface area contributed by atoms with Crippen molar-refractivity contribution in [2.24, 2.45) is 0 Å². The van der Waals surface area contributed by atoms with Crippen LogP contribution in [0.25, 0.3) is 0 Å². The van der Waals surface area contributed by atoms with Crippen LogP contribution in [0.2, 0.25) is 0 Å². The molecule has 0 bridgehead atoms. The van der Waals surface area contributed by atoms with Crippen LogP contribution in [-0.2, 0) is 0 Å². The summed E-state index contributed by atoms with van der Waals surface area (Å²) in [5.74, 6) is -1.23. The number of anilines is 1.